The van der Waals surface area contributed by atoms with Gasteiger partial charge < -0.3 is 4.57 Å². The Morgan fingerprint density at radius 3 is 2.65 bits per heavy atom. The number of hydrogen-bond donors (Lipinski definition) is 0. The molecule has 0 aliphatic rings. The smallest absolute Gasteiger partial charge is 0.174 e. The number of fused-ring (bicyclic) bond motifs is 1. The second-order valence-electron chi connectivity index (χ2n) is 5.30. The molecule has 0 aliphatic carbocycles. The highest BCUT2D eigenvalue weighted by molar-refractivity contribution is 7.99. The van der Waals surface area contributed by atoms with Crippen molar-refractivity contribution in [2.75, 3.05) is 0 Å². The number of imidazole rings is 1. The maximum Gasteiger partial charge on any atom is 0.174 e. The lowest BCUT2D eigenvalue weighted by atomic mass is 10.1. The highest BCUT2D eigenvalue weighted by atomic mass is 32.2. The summed E-state index contributed by atoms with van der Waals surface area (Å²) in [6, 6.07) is 8.57. The first-order valence-corrected chi connectivity index (χ1v) is 8.86. The fraction of sp³-hybridized carbons (Fsp3) is 0.118. The van der Waals surface area contributed by atoms with E-state index in [2.05, 4.69) is 51.5 Å². The molecule has 0 radical (unpaired) electrons. The van der Waals surface area contributed by atoms with E-state index < -0.39 is 0 Å². The quantitative estimate of drug-likeness (QED) is 0.514. The summed E-state index contributed by atoms with van der Waals surface area (Å²) < 4.78 is 2.00. The molecule has 0 saturated carbocycles. The number of aromatic nitrogens is 4. The van der Waals surface area contributed by atoms with Crippen LogP contribution in [0.3, 0.4) is 0 Å². The van der Waals surface area contributed by atoms with Gasteiger partial charge in [0.2, 0.25) is 0 Å². The molecule has 0 N–H and O–H groups in total. The van der Waals surface area contributed by atoms with E-state index in [1.54, 1.807) is 35.6 Å². The zero-order valence-electron chi connectivity index (χ0n) is 12.7. The van der Waals surface area contributed by atoms with E-state index in [4.69, 9.17) is 0 Å². The fourth-order valence-electron chi connectivity index (χ4n) is 2.41. The van der Waals surface area contributed by atoms with Crippen molar-refractivity contribution in [1.29, 1.82) is 0 Å². The topological polar surface area (TPSA) is 43.6 Å². The minimum atomic E-state index is 0.922. The molecule has 0 fully saturated rings. The Morgan fingerprint density at radius 2 is 1.91 bits per heavy atom. The second kappa shape index (κ2) is 5.79. The van der Waals surface area contributed by atoms with Crippen LogP contribution in [0.2, 0.25) is 0 Å². The Bertz CT molecular complexity index is 970. The lowest BCUT2D eigenvalue weighted by Gasteiger charge is -2.05. The van der Waals surface area contributed by atoms with Gasteiger partial charge in [0.05, 0.1) is 5.39 Å². The number of rotatable bonds is 3. The van der Waals surface area contributed by atoms with E-state index in [1.807, 2.05) is 17.8 Å². The molecule has 3 aromatic heterocycles. The number of hydrogen-bond acceptors (Lipinski definition) is 5. The Hall–Kier alpha value is -2.18. The molecule has 4 nitrogen and oxygen atoms in total. The summed E-state index contributed by atoms with van der Waals surface area (Å²) in [6.07, 6.45) is 5.37. The highest BCUT2D eigenvalue weighted by Gasteiger charge is 2.15. The number of thiophene rings is 1. The van der Waals surface area contributed by atoms with Crippen molar-refractivity contribution in [2.24, 2.45) is 7.05 Å². The van der Waals surface area contributed by atoms with Gasteiger partial charge in [-0.15, -0.1) is 11.3 Å². The number of nitrogens with zero attached hydrogens (tertiary/aromatic N) is 4. The van der Waals surface area contributed by atoms with Crippen molar-refractivity contribution < 1.29 is 0 Å². The highest BCUT2D eigenvalue weighted by Crippen LogP contribution is 2.39. The molecule has 23 heavy (non-hydrogen) atoms. The molecule has 0 atom stereocenters. The van der Waals surface area contributed by atoms with Gasteiger partial charge >= 0.3 is 0 Å². The standard InChI is InChI=1S/C17H14N4S2/c1-11-3-5-12(6-4-11)13-9-22-15-14(13)16(20-10-19-15)23-17-18-7-8-21(17)2/h3-10H,1-2H3. The zero-order valence-corrected chi connectivity index (χ0v) is 14.4. The van der Waals surface area contributed by atoms with Crippen LogP contribution in [0.5, 0.6) is 0 Å². The van der Waals surface area contributed by atoms with Gasteiger partial charge in [-0.05, 0) is 24.2 Å². The number of benzene rings is 1. The molecule has 0 bridgehead atoms. The molecule has 0 amide bonds. The van der Waals surface area contributed by atoms with Gasteiger partial charge in [-0.1, -0.05) is 29.8 Å². The Kier molecular flexibility index (Phi) is 3.63. The summed E-state index contributed by atoms with van der Waals surface area (Å²) in [5.41, 5.74) is 3.63. The summed E-state index contributed by atoms with van der Waals surface area (Å²) in [4.78, 5) is 14.3. The molecule has 3 heterocycles. The first-order chi connectivity index (χ1) is 11.2. The fourth-order valence-corrected chi connectivity index (χ4v) is 4.29. The van der Waals surface area contributed by atoms with Crippen molar-refractivity contribution in [2.45, 2.75) is 17.1 Å². The van der Waals surface area contributed by atoms with E-state index in [0.717, 1.165) is 20.4 Å². The van der Waals surface area contributed by atoms with Crippen molar-refractivity contribution in [3.63, 3.8) is 0 Å². The first kappa shape index (κ1) is 14.4. The van der Waals surface area contributed by atoms with Crippen molar-refractivity contribution in [3.05, 3.63) is 53.9 Å². The second-order valence-corrected chi connectivity index (χ2v) is 7.11. The van der Waals surface area contributed by atoms with Crippen LogP contribution in [0.4, 0.5) is 0 Å². The summed E-state index contributed by atoms with van der Waals surface area (Å²) in [6.45, 7) is 2.10. The van der Waals surface area contributed by atoms with E-state index in [1.165, 1.54) is 16.7 Å². The van der Waals surface area contributed by atoms with E-state index in [0.29, 0.717) is 0 Å². The molecule has 4 rings (SSSR count). The predicted molar refractivity (Wildman–Crippen MR) is 94.9 cm³/mol. The van der Waals surface area contributed by atoms with E-state index >= 15 is 0 Å². The van der Waals surface area contributed by atoms with Crippen molar-refractivity contribution in [1.82, 2.24) is 19.5 Å². The minimum absolute atomic E-state index is 0.922. The summed E-state index contributed by atoms with van der Waals surface area (Å²) in [5.74, 6) is 0. The maximum absolute atomic E-state index is 4.50. The molecule has 114 valence electrons. The molecule has 4 aromatic rings. The normalized spacial score (nSPS) is 11.2. The average Bonchev–Trinajstić information content (AvgIpc) is 3.16. The SMILES string of the molecule is Cc1ccc(-c2csc3ncnc(Sc4nccn4C)c23)cc1. The predicted octanol–water partition coefficient (Wildman–Crippen LogP) is 4.55. The van der Waals surface area contributed by atoms with Crippen LogP contribution in [0, 0.1) is 6.92 Å². The van der Waals surface area contributed by atoms with Crippen LogP contribution in [-0.2, 0) is 7.05 Å². The Labute approximate surface area is 142 Å². The lowest BCUT2D eigenvalue weighted by molar-refractivity contribution is 0.789. The third kappa shape index (κ3) is 2.64. The molecular formula is C17H14N4S2. The monoisotopic (exact) mass is 338 g/mol. The number of aryl methyl sites for hydroxylation is 2. The zero-order chi connectivity index (χ0) is 15.8. The van der Waals surface area contributed by atoms with Crippen LogP contribution in [0.15, 0.2) is 58.5 Å². The lowest BCUT2D eigenvalue weighted by Crippen LogP contribution is -1.91. The van der Waals surface area contributed by atoms with E-state index in [-0.39, 0.29) is 0 Å². The van der Waals surface area contributed by atoms with Gasteiger partial charge in [0.15, 0.2) is 5.16 Å². The summed E-state index contributed by atoms with van der Waals surface area (Å²) in [7, 11) is 1.99. The molecule has 1 aromatic carbocycles. The Balaban J connectivity index is 1.87. The van der Waals surface area contributed by atoms with Gasteiger partial charge in [0.1, 0.15) is 16.2 Å². The van der Waals surface area contributed by atoms with Crippen LogP contribution in [0.1, 0.15) is 5.56 Å². The van der Waals surface area contributed by atoms with Crippen LogP contribution in [0.25, 0.3) is 21.3 Å². The average molecular weight is 338 g/mol. The first-order valence-electron chi connectivity index (χ1n) is 7.17. The Morgan fingerprint density at radius 1 is 1.09 bits per heavy atom. The van der Waals surface area contributed by atoms with Crippen molar-refractivity contribution in [3.8, 4) is 11.1 Å². The maximum atomic E-state index is 4.50. The molecule has 0 unspecified atom stereocenters. The molecule has 6 heteroatoms. The van der Waals surface area contributed by atoms with Crippen molar-refractivity contribution >= 4 is 33.3 Å². The third-order valence-electron chi connectivity index (χ3n) is 3.66. The van der Waals surface area contributed by atoms with Crippen LogP contribution >= 0.6 is 23.1 Å². The molecule has 0 spiro atoms. The van der Waals surface area contributed by atoms with Gasteiger partial charge in [0, 0.05) is 30.4 Å². The van der Waals surface area contributed by atoms with Gasteiger partial charge in [-0.25, -0.2) is 15.0 Å². The largest absolute Gasteiger partial charge is 0.329 e. The summed E-state index contributed by atoms with van der Waals surface area (Å²) in [5, 5.41) is 5.13. The van der Waals surface area contributed by atoms with E-state index in [9.17, 15) is 0 Å². The van der Waals surface area contributed by atoms with Gasteiger partial charge in [-0.2, -0.15) is 0 Å². The van der Waals surface area contributed by atoms with Crippen LogP contribution < -0.4 is 0 Å². The third-order valence-corrected chi connectivity index (χ3v) is 5.63. The molecule has 0 saturated heterocycles. The molecular weight excluding hydrogens is 324 g/mol. The summed E-state index contributed by atoms with van der Waals surface area (Å²) >= 11 is 3.23. The van der Waals surface area contributed by atoms with Gasteiger partial charge in [0.25, 0.3) is 0 Å². The van der Waals surface area contributed by atoms with Crippen LogP contribution in [-0.4, -0.2) is 19.5 Å². The minimum Gasteiger partial charge on any atom is -0.329 e. The molecule has 0 aliphatic heterocycles. The van der Waals surface area contributed by atoms with Gasteiger partial charge in [-0.3, -0.25) is 0 Å².